The number of fused-ring (bicyclic) bond motifs is 1. The molecule has 0 fully saturated rings. The second-order valence-electron chi connectivity index (χ2n) is 9.57. The molecule has 12 heteroatoms. The van der Waals surface area contributed by atoms with Gasteiger partial charge in [-0.2, -0.15) is 13.2 Å². The summed E-state index contributed by atoms with van der Waals surface area (Å²) in [6.07, 6.45) is 2.34. The molecule has 0 saturated heterocycles. The van der Waals surface area contributed by atoms with E-state index in [1.165, 1.54) is 23.1 Å². The van der Waals surface area contributed by atoms with Crippen molar-refractivity contribution >= 4 is 51.1 Å². The molecule has 1 N–H and O–H groups in total. The lowest BCUT2D eigenvalue weighted by Crippen LogP contribution is -2.15. The molecule has 0 saturated carbocycles. The van der Waals surface area contributed by atoms with E-state index < -0.39 is 34.0 Å². The molecule has 1 aromatic carbocycles. The number of aromatic nitrogens is 2. The van der Waals surface area contributed by atoms with Crippen LogP contribution in [-0.4, -0.2) is 34.8 Å². The van der Waals surface area contributed by atoms with E-state index in [0.717, 1.165) is 38.2 Å². The molecule has 214 valence electrons. The first-order chi connectivity index (χ1) is 18.3. The summed E-state index contributed by atoms with van der Waals surface area (Å²) in [5, 5.41) is 9.93. The summed E-state index contributed by atoms with van der Waals surface area (Å²) in [5.41, 5.74) is -0.813. The fourth-order valence-corrected chi connectivity index (χ4v) is 6.49. The fraction of sp³-hybridized carbons (Fsp3) is 0.481. The highest BCUT2D eigenvalue weighted by Crippen LogP contribution is 2.36. The Labute approximate surface area is 236 Å². The zero-order valence-electron chi connectivity index (χ0n) is 21.6. The Morgan fingerprint density at radius 3 is 2.31 bits per heavy atom. The quantitative estimate of drug-likeness (QED) is 0.112. The van der Waals surface area contributed by atoms with Crippen LogP contribution in [0.25, 0.3) is 11.0 Å². The van der Waals surface area contributed by atoms with E-state index >= 15 is 0 Å². The lowest BCUT2D eigenvalue weighted by Gasteiger charge is -2.16. The molecule has 3 rings (SSSR count). The first kappa shape index (κ1) is 31.3. The molecular formula is C27H32ClF3N2O4S2. The average molecular weight is 605 g/mol. The van der Waals surface area contributed by atoms with Gasteiger partial charge in [-0.3, -0.25) is 4.79 Å². The normalized spacial score (nSPS) is 12.4. The predicted molar refractivity (Wildman–Crippen MR) is 149 cm³/mol. The molecule has 0 aliphatic carbocycles. The van der Waals surface area contributed by atoms with E-state index in [1.54, 1.807) is 6.07 Å². The van der Waals surface area contributed by atoms with E-state index in [-0.39, 0.29) is 38.6 Å². The van der Waals surface area contributed by atoms with Crippen molar-refractivity contribution in [3.8, 4) is 0 Å². The number of rotatable bonds is 14. The van der Waals surface area contributed by atoms with Crippen molar-refractivity contribution in [3.63, 3.8) is 0 Å². The van der Waals surface area contributed by atoms with Crippen LogP contribution in [0.1, 0.15) is 75.0 Å². The number of hydrogen-bond acceptors (Lipinski definition) is 5. The Balaban J connectivity index is 1.87. The highest BCUT2D eigenvalue weighted by molar-refractivity contribution is 7.91. The molecule has 0 bridgehead atoms. The average Bonchev–Trinajstić information content (AvgIpc) is 3.09. The number of aliphatic carboxylic acids is 1. The van der Waals surface area contributed by atoms with E-state index in [1.807, 2.05) is 0 Å². The molecule has 0 aliphatic heterocycles. The van der Waals surface area contributed by atoms with Crippen molar-refractivity contribution in [1.29, 1.82) is 0 Å². The summed E-state index contributed by atoms with van der Waals surface area (Å²) in [5.74, 6) is -1.36. The van der Waals surface area contributed by atoms with Crippen LogP contribution in [-0.2, 0) is 33.8 Å². The second kappa shape index (κ2) is 13.4. The number of alkyl halides is 3. The minimum atomic E-state index is -4.83. The number of carbonyl (C=O) groups is 1. The maximum Gasteiger partial charge on any atom is 0.416 e. The van der Waals surface area contributed by atoms with Gasteiger partial charge in [-0.15, -0.1) is 12.6 Å². The molecule has 2 heterocycles. The number of halogens is 4. The van der Waals surface area contributed by atoms with Gasteiger partial charge in [0.25, 0.3) is 0 Å². The van der Waals surface area contributed by atoms with Crippen molar-refractivity contribution < 1.29 is 31.5 Å². The van der Waals surface area contributed by atoms with E-state index in [2.05, 4.69) is 24.5 Å². The lowest BCUT2D eigenvalue weighted by molar-refractivity contribution is -0.138. The molecule has 0 unspecified atom stereocenters. The molecule has 6 nitrogen and oxygen atoms in total. The summed E-state index contributed by atoms with van der Waals surface area (Å²) in [7, 11) is -3.91. The number of carboxylic acid groups (broad SMARTS) is 1. The topological polar surface area (TPSA) is 89.3 Å². The van der Waals surface area contributed by atoms with Gasteiger partial charge in [-0.25, -0.2) is 13.4 Å². The zero-order chi connectivity index (χ0) is 28.8. The van der Waals surface area contributed by atoms with Gasteiger partial charge in [-0.05, 0) is 36.2 Å². The van der Waals surface area contributed by atoms with Crippen LogP contribution in [0, 0.1) is 0 Å². The van der Waals surface area contributed by atoms with Gasteiger partial charge in [0.2, 0.25) is 0 Å². The van der Waals surface area contributed by atoms with Gasteiger partial charge in [0.15, 0.2) is 9.84 Å². The predicted octanol–water partition coefficient (Wildman–Crippen LogP) is 7.59. The number of unbranched alkanes of at least 4 members (excludes halogenated alkanes) is 7. The monoisotopic (exact) mass is 604 g/mol. The zero-order valence-corrected chi connectivity index (χ0v) is 24.1. The maximum absolute atomic E-state index is 14.1. The molecule has 0 radical (unpaired) electrons. The number of sulfone groups is 1. The Hall–Kier alpha value is -2.24. The Morgan fingerprint density at radius 1 is 1.05 bits per heavy atom. The Kier molecular flexibility index (Phi) is 10.8. The Bertz CT molecular complexity index is 1420. The van der Waals surface area contributed by atoms with E-state index in [9.17, 15) is 31.5 Å². The number of pyridine rings is 1. The van der Waals surface area contributed by atoms with Crippen LogP contribution in [0.2, 0.25) is 5.15 Å². The maximum atomic E-state index is 14.1. The minimum Gasteiger partial charge on any atom is -0.481 e. The van der Waals surface area contributed by atoms with Gasteiger partial charge < -0.3 is 9.67 Å². The third kappa shape index (κ3) is 8.14. The summed E-state index contributed by atoms with van der Waals surface area (Å²) in [4.78, 5) is 15.2. The van der Waals surface area contributed by atoms with Crippen molar-refractivity contribution in [2.45, 2.75) is 87.4 Å². The highest BCUT2D eigenvalue weighted by atomic mass is 35.5. The summed E-state index contributed by atoms with van der Waals surface area (Å²) in [6.45, 7) is 1.77. The number of benzene rings is 1. The first-order valence-electron chi connectivity index (χ1n) is 12.9. The van der Waals surface area contributed by atoms with Gasteiger partial charge in [-0.1, -0.05) is 69.5 Å². The number of thiol groups is 1. The van der Waals surface area contributed by atoms with Crippen LogP contribution < -0.4 is 0 Å². The standard InChI is InChI=1S/C27H32ClF3N2O4S2/c1-2-3-4-5-6-7-8-9-14-39(36,37)19-11-10-18(22(15-19)27(29,30)31)17-33-25-20(12-13-23(28)32-25)21(26(33)38)16-24(34)35/h10-13,15,38H,2-9,14,16-17H2,1H3,(H,34,35). The fourth-order valence-electron chi connectivity index (χ4n) is 4.59. The summed E-state index contributed by atoms with van der Waals surface area (Å²) >= 11 is 10.4. The van der Waals surface area contributed by atoms with Gasteiger partial charge in [0.1, 0.15) is 10.8 Å². The van der Waals surface area contributed by atoms with Crippen molar-refractivity contribution in [3.05, 3.63) is 52.2 Å². The molecular weight excluding hydrogens is 573 g/mol. The molecule has 0 atom stereocenters. The minimum absolute atomic E-state index is 0.0786. The third-order valence-electron chi connectivity index (χ3n) is 6.62. The van der Waals surface area contributed by atoms with Crippen LogP contribution in [0.3, 0.4) is 0 Å². The third-order valence-corrected chi connectivity index (χ3v) is 9.14. The van der Waals surface area contributed by atoms with Crippen LogP contribution in [0.15, 0.2) is 40.3 Å². The molecule has 0 aliphatic rings. The van der Waals surface area contributed by atoms with Gasteiger partial charge >= 0.3 is 12.1 Å². The van der Waals surface area contributed by atoms with E-state index in [4.69, 9.17) is 11.6 Å². The van der Waals surface area contributed by atoms with Crippen molar-refractivity contribution in [2.24, 2.45) is 0 Å². The van der Waals surface area contributed by atoms with Crippen LogP contribution in [0.5, 0.6) is 0 Å². The van der Waals surface area contributed by atoms with Crippen LogP contribution >= 0.6 is 24.2 Å². The van der Waals surface area contributed by atoms with Crippen molar-refractivity contribution in [2.75, 3.05) is 5.75 Å². The lowest BCUT2D eigenvalue weighted by atomic mass is 10.1. The summed E-state index contributed by atoms with van der Waals surface area (Å²) < 4.78 is 69.4. The van der Waals surface area contributed by atoms with Gasteiger partial charge in [0.05, 0.1) is 34.2 Å². The smallest absolute Gasteiger partial charge is 0.416 e. The highest BCUT2D eigenvalue weighted by Gasteiger charge is 2.35. The second-order valence-corrected chi connectivity index (χ2v) is 12.5. The van der Waals surface area contributed by atoms with Crippen molar-refractivity contribution in [1.82, 2.24) is 9.55 Å². The molecule has 2 aromatic heterocycles. The Morgan fingerprint density at radius 2 is 1.69 bits per heavy atom. The largest absolute Gasteiger partial charge is 0.481 e. The van der Waals surface area contributed by atoms with Crippen LogP contribution in [0.4, 0.5) is 13.2 Å². The number of nitrogens with zero attached hydrogens (tertiary/aromatic N) is 2. The summed E-state index contributed by atoms with van der Waals surface area (Å²) in [6, 6.07) is 6.01. The molecule has 39 heavy (non-hydrogen) atoms. The van der Waals surface area contributed by atoms with Gasteiger partial charge in [0, 0.05) is 10.9 Å². The molecule has 3 aromatic rings. The number of carboxylic acids is 1. The van der Waals surface area contributed by atoms with E-state index in [0.29, 0.717) is 29.9 Å². The first-order valence-corrected chi connectivity index (χ1v) is 15.3. The SMILES string of the molecule is CCCCCCCCCCS(=O)(=O)c1ccc(Cn2c(S)c(CC(=O)O)c3ccc(Cl)nc32)c(C(F)(F)F)c1. The molecule has 0 amide bonds. The molecule has 0 spiro atoms. The number of hydrogen-bond donors (Lipinski definition) is 2.